The van der Waals surface area contributed by atoms with E-state index in [0.29, 0.717) is 34.7 Å². The van der Waals surface area contributed by atoms with Crippen LogP contribution in [0.5, 0.6) is 11.5 Å². The predicted octanol–water partition coefficient (Wildman–Crippen LogP) is 5.09. The van der Waals surface area contributed by atoms with Crippen LogP contribution in [0, 0.1) is 13.8 Å². The molecule has 3 heterocycles. The van der Waals surface area contributed by atoms with Gasteiger partial charge in [0.1, 0.15) is 11.6 Å². The van der Waals surface area contributed by atoms with Crippen LogP contribution >= 0.6 is 0 Å². The van der Waals surface area contributed by atoms with Crippen molar-refractivity contribution in [1.82, 2.24) is 4.98 Å². The molecule has 4 rings (SSSR count). The number of carbonyl (C=O) groups is 1. The summed E-state index contributed by atoms with van der Waals surface area (Å²) in [6.45, 7) is 5.45. The van der Waals surface area contributed by atoms with Gasteiger partial charge in [-0.05, 0) is 55.7 Å². The summed E-state index contributed by atoms with van der Waals surface area (Å²) < 4.78 is 40.9. The second kappa shape index (κ2) is 6.88. The number of nitrogens with zero attached hydrogens (tertiary/aromatic N) is 1. The van der Waals surface area contributed by atoms with Crippen LogP contribution in [0.25, 0.3) is 11.1 Å². The van der Waals surface area contributed by atoms with E-state index in [0.717, 1.165) is 11.1 Å². The standard InChI is InChI=1S/C21H18F2N2O4/c1-4-13-10-27-12(3)19(13)20(26)25-18-6-5-14(9-24-18)15-8-17-16(7-11(15)2)28-21(22,23)29-17/h5-10H,4H2,1-3H3,(H,24,25,26). The Morgan fingerprint density at radius 1 is 1.17 bits per heavy atom. The lowest BCUT2D eigenvalue weighted by Crippen LogP contribution is -2.25. The normalized spacial score (nSPS) is 14.1. The van der Waals surface area contributed by atoms with E-state index in [-0.39, 0.29) is 17.4 Å². The molecule has 0 atom stereocenters. The van der Waals surface area contributed by atoms with Crippen LogP contribution in [-0.4, -0.2) is 17.2 Å². The van der Waals surface area contributed by atoms with Crippen molar-refractivity contribution in [3.63, 3.8) is 0 Å². The van der Waals surface area contributed by atoms with Gasteiger partial charge in [-0.1, -0.05) is 6.92 Å². The van der Waals surface area contributed by atoms with Crippen LogP contribution in [-0.2, 0) is 6.42 Å². The van der Waals surface area contributed by atoms with Gasteiger partial charge in [0.25, 0.3) is 5.91 Å². The molecule has 1 amide bonds. The van der Waals surface area contributed by atoms with Crippen molar-refractivity contribution >= 4 is 11.7 Å². The van der Waals surface area contributed by atoms with E-state index < -0.39 is 6.29 Å². The Kier molecular flexibility index (Phi) is 4.49. The smallest absolute Gasteiger partial charge is 0.468 e. The number of amides is 1. The highest BCUT2D eigenvalue weighted by Crippen LogP contribution is 2.44. The number of halogens is 2. The molecular weight excluding hydrogens is 382 g/mol. The summed E-state index contributed by atoms with van der Waals surface area (Å²) in [5.41, 5.74) is 3.42. The zero-order valence-electron chi connectivity index (χ0n) is 16.0. The fourth-order valence-electron chi connectivity index (χ4n) is 3.28. The lowest BCUT2D eigenvalue weighted by Gasteiger charge is -2.09. The average molecular weight is 400 g/mol. The second-order valence-electron chi connectivity index (χ2n) is 6.71. The molecule has 6 nitrogen and oxygen atoms in total. The largest absolute Gasteiger partial charge is 0.586 e. The molecule has 1 aromatic carbocycles. The van der Waals surface area contributed by atoms with Crippen molar-refractivity contribution < 1.29 is 27.5 Å². The lowest BCUT2D eigenvalue weighted by molar-refractivity contribution is -0.286. The fourth-order valence-corrected chi connectivity index (χ4v) is 3.28. The summed E-state index contributed by atoms with van der Waals surface area (Å²) in [5, 5.41) is 2.75. The van der Waals surface area contributed by atoms with Gasteiger partial charge in [0, 0.05) is 17.3 Å². The molecule has 0 bridgehead atoms. The van der Waals surface area contributed by atoms with Gasteiger partial charge in [0.2, 0.25) is 0 Å². The number of aromatic nitrogens is 1. The van der Waals surface area contributed by atoms with Crippen LogP contribution in [0.15, 0.2) is 41.1 Å². The number of fused-ring (bicyclic) bond motifs is 1. The molecule has 1 aliphatic heterocycles. The zero-order valence-corrected chi connectivity index (χ0v) is 16.0. The van der Waals surface area contributed by atoms with Gasteiger partial charge in [-0.25, -0.2) is 4.98 Å². The van der Waals surface area contributed by atoms with Gasteiger partial charge < -0.3 is 19.2 Å². The number of rotatable bonds is 4. The van der Waals surface area contributed by atoms with E-state index in [1.54, 1.807) is 38.4 Å². The minimum absolute atomic E-state index is 0.00435. The van der Waals surface area contributed by atoms with Crippen LogP contribution in [0.2, 0.25) is 0 Å². The first-order chi connectivity index (χ1) is 13.8. The Morgan fingerprint density at radius 3 is 2.55 bits per heavy atom. The van der Waals surface area contributed by atoms with Gasteiger partial charge in [0.05, 0.1) is 11.8 Å². The van der Waals surface area contributed by atoms with Crippen LogP contribution in [0.4, 0.5) is 14.6 Å². The maximum Gasteiger partial charge on any atom is 0.586 e. The van der Waals surface area contributed by atoms with Gasteiger partial charge in [-0.3, -0.25) is 4.79 Å². The molecule has 0 spiro atoms. The Morgan fingerprint density at radius 2 is 1.90 bits per heavy atom. The van der Waals surface area contributed by atoms with Crippen LogP contribution in [0.1, 0.15) is 34.2 Å². The molecule has 0 saturated heterocycles. The maximum absolute atomic E-state index is 13.3. The number of alkyl halides is 2. The zero-order chi connectivity index (χ0) is 20.8. The fraction of sp³-hybridized carbons (Fsp3) is 0.238. The first-order valence-corrected chi connectivity index (χ1v) is 9.02. The molecule has 1 N–H and O–H groups in total. The number of benzene rings is 1. The van der Waals surface area contributed by atoms with Crippen molar-refractivity contribution in [2.45, 2.75) is 33.5 Å². The van der Waals surface area contributed by atoms with E-state index in [9.17, 15) is 13.6 Å². The third-order valence-corrected chi connectivity index (χ3v) is 4.72. The van der Waals surface area contributed by atoms with Crippen LogP contribution in [0.3, 0.4) is 0 Å². The number of nitrogens with one attached hydrogen (secondary N) is 1. The molecule has 0 radical (unpaired) electrons. The van der Waals surface area contributed by atoms with Gasteiger partial charge in [-0.15, -0.1) is 8.78 Å². The van der Waals surface area contributed by atoms with Crippen molar-refractivity contribution in [2.75, 3.05) is 5.32 Å². The van der Waals surface area contributed by atoms with E-state index in [1.165, 1.54) is 12.1 Å². The number of anilines is 1. The Labute approximate surface area is 165 Å². The molecule has 150 valence electrons. The Hall–Kier alpha value is -3.42. The number of carbonyl (C=O) groups excluding carboxylic acids is 1. The summed E-state index contributed by atoms with van der Waals surface area (Å²) >= 11 is 0. The summed E-state index contributed by atoms with van der Waals surface area (Å²) in [6.07, 6.45) is 0.144. The van der Waals surface area contributed by atoms with Gasteiger partial charge in [0.15, 0.2) is 11.5 Å². The SMILES string of the molecule is CCc1coc(C)c1C(=O)Nc1ccc(-c2cc3c(cc2C)OC(F)(F)O3)cn1. The minimum atomic E-state index is -3.66. The molecule has 29 heavy (non-hydrogen) atoms. The van der Waals surface area contributed by atoms with Crippen molar-refractivity contribution in [3.8, 4) is 22.6 Å². The van der Waals surface area contributed by atoms with E-state index in [4.69, 9.17) is 4.42 Å². The van der Waals surface area contributed by atoms with E-state index in [1.807, 2.05) is 6.92 Å². The molecule has 0 fully saturated rings. The molecule has 3 aromatic rings. The molecule has 0 aliphatic carbocycles. The monoisotopic (exact) mass is 400 g/mol. The molecule has 0 saturated carbocycles. The highest BCUT2D eigenvalue weighted by Gasteiger charge is 2.43. The molecular formula is C21H18F2N2O4. The third kappa shape index (κ3) is 3.53. The van der Waals surface area contributed by atoms with Crippen LogP contribution < -0.4 is 14.8 Å². The Balaban J connectivity index is 1.56. The Bertz CT molecular complexity index is 1090. The van der Waals surface area contributed by atoms with Gasteiger partial charge in [-0.2, -0.15) is 0 Å². The quantitative estimate of drug-likeness (QED) is 0.660. The average Bonchev–Trinajstić information content (AvgIpc) is 3.19. The number of furan rings is 1. The van der Waals surface area contributed by atoms with Crippen molar-refractivity contribution in [3.05, 3.63) is 59.2 Å². The predicted molar refractivity (Wildman–Crippen MR) is 101 cm³/mol. The first-order valence-electron chi connectivity index (χ1n) is 9.02. The van der Waals surface area contributed by atoms with Crippen molar-refractivity contribution in [1.29, 1.82) is 0 Å². The topological polar surface area (TPSA) is 73.6 Å². The molecule has 8 heteroatoms. The number of pyridine rings is 1. The molecule has 1 aliphatic rings. The van der Waals surface area contributed by atoms with Crippen molar-refractivity contribution in [2.24, 2.45) is 0 Å². The highest BCUT2D eigenvalue weighted by molar-refractivity contribution is 6.05. The highest BCUT2D eigenvalue weighted by atomic mass is 19.3. The number of ether oxygens (including phenoxy) is 2. The summed E-state index contributed by atoms with van der Waals surface area (Å²) in [7, 11) is 0. The maximum atomic E-state index is 13.3. The number of hydrogen-bond acceptors (Lipinski definition) is 5. The van der Waals surface area contributed by atoms with E-state index >= 15 is 0 Å². The van der Waals surface area contributed by atoms with Gasteiger partial charge >= 0.3 is 6.29 Å². The summed E-state index contributed by atoms with van der Waals surface area (Å²) in [6, 6.07) is 6.37. The number of hydrogen-bond donors (Lipinski definition) is 1. The second-order valence-corrected chi connectivity index (χ2v) is 6.71. The number of aryl methyl sites for hydroxylation is 3. The third-order valence-electron chi connectivity index (χ3n) is 4.72. The summed E-state index contributed by atoms with van der Waals surface area (Å²) in [4.78, 5) is 16.8. The molecule has 0 unspecified atom stereocenters. The minimum Gasteiger partial charge on any atom is -0.468 e. The summed E-state index contributed by atoms with van der Waals surface area (Å²) in [5.74, 6) is 0.579. The molecule has 2 aromatic heterocycles. The first kappa shape index (κ1) is 18.9. The van der Waals surface area contributed by atoms with E-state index in [2.05, 4.69) is 19.8 Å². The lowest BCUT2D eigenvalue weighted by atomic mass is 10.0.